The van der Waals surface area contributed by atoms with Gasteiger partial charge in [0, 0.05) is 10.8 Å². The minimum absolute atomic E-state index is 0.0420. The summed E-state index contributed by atoms with van der Waals surface area (Å²) >= 11 is 0. The van der Waals surface area contributed by atoms with Crippen LogP contribution < -0.4 is 0 Å². The molecule has 2 unspecified atom stereocenters. The third-order valence-corrected chi connectivity index (χ3v) is 4.18. The zero-order valence-corrected chi connectivity index (χ0v) is 14.9. The van der Waals surface area contributed by atoms with Gasteiger partial charge in [0.05, 0.1) is 0 Å². The summed E-state index contributed by atoms with van der Waals surface area (Å²) in [5.41, 5.74) is 2.55. The van der Waals surface area contributed by atoms with Crippen molar-refractivity contribution in [3.63, 3.8) is 0 Å². The Morgan fingerprint density at radius 2 is 0.773 bits per heavy atom. The Morgan fingerprint density at radius 1 is 0.545 bits per heavy atom. The zero-order valence-electron chi connectivity index (χ0n) is 14.9. The first-order chi connectivity index (χ1) is 10.5. The van der Waals surface area contributed by atoms with Crippen molar-refractivity contribution in [2.75, 3.05) is 0 Å². The molecule has 22 heavy (non-hydrogen) atoms. The normalized spacial score (nSPS) is 18.5. The minimum Gasteiger partial charge on any atom is -0.0905 e. The Bertz CT molecular complexity index is 488. The maximum Gasteiger partial charge on any atom is 0.0283 e. The van der Waals surface area contributed by atoms with Crippen molar-refractivity contribution in [1.82, 2.24) is 0 Å². The van der Waals surface area contributed by atoms with Gasteiger partial charge >= 0.3 is 0 Å². The molecule has 0 amide bonds. The highest BCUT2D eigenvalue weighted by molar-refractivity contribution is 5.42. The van der Waals surface area contributed by atoms with Crippen molar-refractivity contribution >= 4 is 0 Å². The molecule has 1 aromatic carbocycles. The van der Waals surface area contributed by atoms with E-state index in [-0.39, 0.29) is 10.8 Å². The lowest BCUT2D eigenvalue weighted by Crippen LogP contribution is -2.18. The van der Waals surface area contributed by atoms with Gasteiger partial charge < -0.3 is 0 Å². The molecule has 0 heterocycles. The van der Waals surface area contributed by atoms with E-state index in [0.29, 0.717) is 0 Å². The monoisotopic (exact) mass is 294 g/mol. The molecule has 1 aromatic rings. The van der Waals surface area contributed by atoms with Gasteiger partial charge in [-0.05, 0) is 52.7 Å². The Labute approximate surface area is 137 Å². The van der Waals surface area contributed by atoms with Crippen molar-refractivity contribution in [1.29, 1.82) is 0 Å². The van der Waals surface area contributed by atoms with Gasteiger partial charge in [0.2, 0.25) is 0 Å². The Kier molecular flexibility index (Phi) is 6.61. The van der Waals surface area contributed by atoms with Crippen LogP contribution >= 0.6 is 0 Å². The lowest BCUT2D eigenvalue weighted by atomic mass is 9.77. The maximum atomic E-state index is 2.25. The van der Waals surface area contributed by atoms with Crippen molar-refractivity contribution in [3.8, 4) is 0 Å². The highest BCUT2D eigenvalue weighted by Crippen LogP contribution is 2.32. The average Bonchev–Trinajstić information content (AvgIpc) is 2.48. The molecule has 0 aromatic heterocycles. The molecule has 0 aliphatic rings. The summed E-state index contributed by atoms with van der Waals surface area (Å²) in [7, 11) is 0. The van der Waals surface area contributed by atoms with Gasteiger partial charge in [-0.2, -0.15) is 0 Å². The molecule has 0 radical (unpaired) electrons. The molecule has 0 saturated carbocycles. The average molecular weight is 294 g/mol. The maximum absolute atomic E-state index is 2.25. The number of rotatable bonds is 6. The summed E-state index contributed by atoms with van der Waals surface area (Å²) in [5.74, 6) is 0. The minimum atomic E-state index is -0.0420. The molecule has 0 spiro atoms. The van der Waals surface area contributed by atoms with E-state index in [1.54, 1.807) is 0 Å². The summed E-state index contributed by atoms with van der Waals surface area (Å²) in [4.78, 5) is 0. The molecular formula is C22H30. The fourth-order valence-electron chi connectivity index (χ4n) is 3.07. The third kappa shape index (κ3) is 4.10. The number of allylic oxidation sites excluding steroid dienone is 8. The van der Waals surface area contributed by atoms with E-state index in [1.165, 1.54) is 11.1 Å². The van der Waals surface area contributed by atoms with Gasteiger partial charge in [-0.3, -0.25) is 0 Å². The van der Waals surface area contributed by atoms with Crippen LogP contribution in [0.3, 0.4) is 0 Å². The van der Waals surface area contributed by atoms with Crippen LogP contribution in [0.5, 0.6) is 0 Å². The first-order valence-electron chi connectivity index (χ1n) is 8.12. The van der Waals surface area contributed by atoms with E-state index in [4.69, 9.17) is 0 Å². The summed E-state index contributed by atoms with van der Waals surface area (Å²) in [6.07, 6.45) is 17.5. The quantitative estimate of drug-likeness (QED) is 0.525. The second-order valence-electron chi connectivity index (χ2n) is 6.14. The van der Waals surface area contributed by atoms with Gasteiger partial charge in [0.25, 0.3) is 0 Å². The van der Waals surface area contributed by atoms with Crippen LogP contribution in [0.15, 0.2) is 72.9 Å². The molecule has 0 heteroatoms. The van der Waals surface area contributed by atoms with Crippen molar-refractivity contribution < 1.29 is 0 Å². The fourth-order valence-corrected chi connectivity index (χ4v) is 3.07. The highest BCUT2D eigenvalue weighted by Gasteiger charge is 2.23. The molecule has 0 saturated heterocycles. The van der Waals surface area contributed by atoms with E-state index >= 15 is 0 Å². The van der Waals surface area contributed by atoms with Crippen LogP contribution in [0.25, 0.3) is 0 Å². The predicted octanol–water partition coefficient (Wildman–Crippen LogP) is 6.51. The van der Waals surface area contributed by atoms with E-state index in [2.05, 4.69) is 114 Å². The van der Waals surface area contributed by atoms with E-state index < -0.39 is 0 Å². The molecule has 0 N–H and O–H groups in total. The zero-order chi connectivity index (χ0) is 16.6. The van der Waals surface area contributed by atoms with Crippen LogP contribution in [-0.4, -0.2) is 0 Å². The van der Waals surface area contributed by atoms with Crippen LogP contribution in [0.2, 0.25) is 0 Å². The highest BCUT2D eigenvalue weighted by atomic mass is 14.3. The molecule has 2 atom stereocenters. The number of benzene rings is 1. The molecule has 1 rings (SSSR count). The van der Waals surface area contributed by atoms with Gasteiger partial charge in [0.15, 0.2) is 0 Å². The molecular weight excluding hydrogens is 264 g/mol. The van der Waals surface area contributed by atoms with Crippen molar-refractivity contribution in [3.05, 3.63) is 84.0 Å². The van der Waals surface area contributed by atoms with Crippen molar-refractivity contribution in [2.45, 2.75) is 52.4 Å². The molecule has 0 bridgehead atoms. The summed E-state index contributed by atoms with van der Waals surface area (Å²) in [6.45, 7) is 12.8. The van der Waals surface area contributed by atoms with Crippen LogP contribution in [0.4, 0.5) is 0 Å². The summed E-state index contributed by atoms with van der Waals surface area (Å²) in [6, 6.07) is 9.00. The number of hydrogen-bond acceptors (Lipinski definition) is 0. The second kappa shape index (κ2) is 7.98. The lowest BCUT2D eigenvalue weighted by Gasteiger charge is -2.26. The SMILES string of the molecule is C/C=C\C(C)(/C=C/C)c1ccc(C(C)(/C=C\C)/C=C/C)cc1. The summed E-state index contributed by atoms with van der Waals surface area (Å²) < 4.78 is 0. The van der Waals surface area contributed by atoms with Gasteiger partial charge in [-0.15, -0.1) is 0 Å². The Hall–Kier alpha value is -1.82. The third-order valence-electron chi connectivity index (χ3n) is 4.18. The fraction of sp³-hybridized carbons (Fsp3) is 0.364. The van der Waals surface area contributed by atoms with Crippen LogP contribution in [-0.2, 0) is 10.8 Å². The predicted molar refractivity (Wildman–Crippen MR) is 100 cm³/mol. The van der Waals surface area contributed by atoms with Crippen LogP contribution in [0, 0.1) is 0 Å². The topological polar surface area (TPSA) is 0 Å². The first-order valence-corrected chi connectivity index (χ1v) is 8.12. The first kappa shape index (κ1) is 18.2. The molecule has 0 fully saturated rings. The largest absolute Gasteiger partial charge is 0.0905 e. The molecule has 0 nitrogen and oxygen atoms in total. The van der Waals surface area contributed by atoms with Gasteiger partial charge in [-0.1, -0.05) is 72.9 Å². The molecule has 0 aliphatic heterocycles. The van der Waals surface area contributed by atoms with E-state index in [1.807, 2.05) is 0 Å². The smallest absolute Gasteiger partial charge is 0.0283 e. The lowest BCUT2D eigenvalue weighted by molar-refractivity contribution is 0.736. The Balaban J connectivity index is 3.29. The molecule has 0 aliphatic carbocycles. The number of hydrogen-bond donors (Lipinski definition) is 0. The van der Waals surface area contributed by atoms with E-state index in [0.717, 1.165) is 0 Å². The van der Waals surface area contributed by atoms with E-state index in [9.17, 15) is 0 Å². The standard InChI is InChI=1S/C22H30/c1-7-15-21(5,16-8-2)19-11-13-20(14-12-19)22(6,17-9-3)18-10-4/h7-18H,1-6H3/b15-7-,16-8+,17-9-,18-10+. The summed E-state index contributed by atoms with van der Waals surface area (Å²) in [5, 5.41) is 0. The van der Waals surface area contributed by atoms with Crippen LogP contribution in [0.1, 0.15) is 52.7 Å². The van der Waals surface area contributed by atoms with Gasteiger partial charge in [0.1, 0.15) is 0 Å². The second-order valence-corrected chi connectivity index (χ2v) is 6.14. The van der Waals surface area contributed by atoms with Crippen molar-refractivity contribution in [2.24, 2.45) is 0 Å². The Morgan fingerprint density at radius 3 is 0.955 bits per heavy atom. The van der Waals surface area contributed by atoms with Gasteiger partial charge in [-0.25, -0.2) is 0 Å². The molecule has 118 valence electrons.